The van der Waals surface area contributed by atoms with Crippen LogP contribution < -0.4 is 4.90 Å². The summed E-state index contributed by atoms with van der Waals surface area (Å²) < 4.78 is 5.19. The van der Waals surface area contributed by atoms with Crippen molar-refractivity contribution < 1.29 is 14.6 Å². The summed E-state index contributed by atoms with van der Waals surface area (Å²) >= 11 is 6.73. The Kier molecular flexibility index (Phi) is 3.47. The predicted octanol–water partition coefficient (Wildman–Crippen LogP) is 1.22. The highest BCUT2D eigenvalue weighted by Crippen LogP contribution is 2.30. The lowest BCUT2D eigenvalue weighted by Gasteiger charge is -2.29. The second-order valence-electron chi connectivity index (χ2n) is 3.36. The molecule has 0 aliphatic carbocycles. The maximum Gasteiger partial charge on any atom is 0.349 e. The molecule has 17 heavy (non-hydrogen) atoms. The van der Waals surface area contributed by atoms with Gasteiger partial charge in [0.15, 0.2) is 21.3 Å². The number of aromatic carboxylic acids is 1. The van der Waals surface area contributed by atoms with E-state index in [4.69, 9.17) is 26.7 Å². The van der Waals surface area contributed by atoms with Crippen molar-refractivity contribution >= 4 is 34.0 Å². The van der Waals surface area contributed by atoms with Gasteiger partial charge in [-0.25, -0.2) is 9.78 Å². The third-order valence-electron chi connectivity index (χ3n) is 2.25. The average molecular weight is 274 g/mol. The molecule has 8 heteroatoms. The van der Waals surface area contributed by atoms with Crippen molar-refractivity contribution in [2.75, 3.05) is 24.6 Å². The summed E-state index contributed by atoms with van der Waals surface area (Å²) in [5.41, 5.74) is 0. The average Bonchev–Trinajstić information content (AvgIpc) is 2.71. The van der Waals surface area contributed by atoms with Gasteiger partial charge in [-0.05, 0) is 0 Å². The maximum absolute atomic E-state index is 10.8. The van der Waals surface area contributed by atoms with Crippen LogP contribution in [0, 0.1) is 11.3 Å². The summed E-state index contributed by atoms with van der Waals surface area (Å²) in [5.74, 6) is -1.09. The van der Waals surface area contributed by atoms with Gasteiger partial charge in [0.2, 0.25) is 0 Å². The van der Waals surface area contributed by atoms with Crippen LogP contribution in [0.15, 0.2) is 0 Å². The number of hydrogen-bond donors (Lipinski definition) is 1. The zero-order valence-corrected chi connectivity index (χ0v) is 10.2. The molecule has 0 bridgehead atoms. The Labute approximate surface area is 106 Å². The number of carboxylic acids is 1. The fraction of sp³-hybridized carbons (Fsp3) is 0.444. The molecule has 6 nitrogen and oxygen atoms in total. The van der Waals surface area contributed by atoms with E-state index in [2.05, 4.69) is 4.98 Å². The second-order valence-corrected chi connectivity index (χ2v) is 4.69. The van der Waals surface area contributed by atoms with Crippen LogP contribution in [-0.4, -0.2) is 41.9 Å². The summed E-state index contributed by atoms with van der Waals surface area (Å²) in [6, 6.07) is 2.01. The molecule has 1 unspecified atom stereocenters. The Morgan fingerprint density at radius 3 is 3.12 bits per heavy atom. The largest absolute Gasteiger partial charge is 0.477 e. The number of thiazole rings is 1. The number of morpholine rings is 1. The third kappa shape index (κ3) is 2.49. The summed E-state index contributed by atoms with van der Waals surface area (Å²) in [7, 11) is 0. The predicted molar refractivity (Wildman–Crippen MR) is 61.6 cm³/mol. The van der Waals surface area contributed by atoms with Gasteiger partial charge in [0.1, 0.15) is 0 Å². The summed E-state index contributed by atoms with van der Waals surface area (Å²) in [4.78, 5) is 16.6. The third-order valence-corrected chi connectivity index (χ3v) is 3.74. The Bertz CT molecular complexity index is 484. The summed E-state index contributed by atoms with van der Waals surface area (Å²) in [5, 5.41) is 18.1. The minimum atomic E-state index is -1.09. The van der Waals surface area contributed by atoms with Crippen molar-refractivity contribution in [1.29, 1.82) is 5.26 Å². The first-order chi connectivity index (χ1) is 8.11. The number of carbonyl (C=O) groups is 1. The number of halogens is 1. The van der Waals surface area contributed by atoms with Gasteiger partial charge in [0.25, 0.3) is 0 Å². The van der Waals surface area contributed by atoms with Crippen LogP contribution in [0.25, 0.3) is 0 Å². The maximum atomic E-state index is 10.8. The molecule has 1 N–H and O–H groups in total. The lowest BCUT2D eigenvalue weighted by atomic mass is 10.3. The van der Waals surface area contributed by atoms with Crippen LogP contribution in [0.3, 0.4) is 0 Å². The minimum Gasteiger partial charge on any atom is -0.477 e. The molecule has 2 heterocycles. The molecule has 1 fully saturated rings. The molecule has 1 atom stereocenters. The number of hydrogen-bond acceptors (Lipinski definition) is 6. The van der Waals surface area contributed by atoms with Crippen LogP contribution in [-0.2, 0) is 4.74 Å². The molecule has 1 aliphatic heterocycles. The Morgan fingerprint density at radius 1 is 1.76 bits per heavy atom. The second kappa shape index (κ2) is 4.87. The van der Waals surface area contributed by atoms with E-state index in [9.17, 15) is 4.79 Å². The first-order valence-corrected chi connectivity index (χ1v) is 5.97. The first-order valence-electron chi connectivity index (χ1n) is 4.77. The highest BCUT2D eigenvalue weighted by Gasteiger charge is 2.25. The van der Waals surface area contributed by atoms with E-state index in [1.807, 2.05) is 6.07 Å². The van der Waals surface area contributed by atoms with E-state index in [0.29, 0.717) is 24.8 Å². The quantitative estimate of drug-likeness (QED) is 0.872. The van der Waals surface area contributed by atoms with Gasteiger partial charge in [-0.15, -0.1) is 0 Å². The summed E-state index contributed by atoms with van der Waals surface area (Å²) in [6.07, 6.45) is -0.514. The molecule has 0 spiro atoms. The molecule has 1 aromatic rings. The Hall–Kier alpha value is -1.36. The standard InChI is InChI=1S/C9H8ClN3O3S/c10-7-6(8(14)15)17-9(12-7)13-1-2-16-5(3-11)4-13/h5H,1-2,4H2,(H,14,15). The minimum absolute atomic E-state index is 0.0154. The zero-order chi connectivity index (χ0) is 12.4. The number of carboxylic acid groups (broad SMARTS) is 1. The van der Waals surface area contributed by atoms with Gasteiger partial charge < -0.3 is 14.7 Å². The molecule has 1 aromatic heterocycles. The molecular weight excluding hydrogens is 266 g/mol. The fourth-order valence-corrected chi connectivity index (χ4v) is 2.62. The molecule has 0 amide bonds. The number of ether oxygens (including phenoxy) is 1. The normalized spacial score (nSPS) is 20.0. The van der Waals surface area contributed by atoms with Crippen LogP contribution in [0.5, 0.6) is 0 Å². The molecule has 0 aromatic carbocycles. The van der Waals surface area contributed by atoms with Crippen molar-refractivity contribution in [1.82, 2.24) is 4.98 Å². The van der Waals surface area contributed by atoms with E-state index >= 15 is 0 Å². The highest BCUT2D eigenvalue weighted by atomic mass is 35.5. The number of anilines is 1. The van der Waals surface area contributed by atoms with Crippen molar-refractivity contribution in [3.05, 3.63) is 10.0 Å². The van der Waals surface area contributed by atoms with Gasteiger partial charge in [0.05, 0.1) is 19.2 Å². The van der Waals surface area contributed by atoms with Crippen molar-refractivity contribution in [2.24, 2.45) is 0 Å². The van der Waals surface area contributed by atoms with Crippen LogP contribution >= 0.6 is 22.9 Å². The molecule has 90 valence electrons. The highest BCUT2D eigenvalue weighted by molar-refractivity contribution is 7.18. The van der Waals surface area contributed by atoms with E-state index in [0.717, 1.165) is 11.3 Å². The van der Waals surface area contributed by atoms with Crippen molar-refractivity contribution in [3.63, 3.8) is 0 Å². The Balaban J connectivity index is 2.20. The van der Waals surface area contributed by atoms with Crippen LogP contribution in [0.2, 0.25) is 5.15 Å². The number of nitriles is 1. The zero-order valence-electron chi connectivity index (χ0n) is 8.59. The summed E-state index contributed by atoms with van der Waals surface area (Å²) in [6.45, 7) is 1.36. The van der Waals surface area contributed by atoms with E-state index in [-0.39, 0.29) is 10.0 Å². The number of nitrogens with zero attached hydrogens (tertiary/aromatic N) is 3. The van der Waals surface area contributed by atoms with Gasteiger partial charge in [-0.3, -0.25) is 0 Å². The lowest BCUT2D eigenvalue weighted by molar-refractivity contribution is 0.0702. The monoisotopic (exact) mass is 273 g/mol. The van der Waals surface area contributed by atoms with Crippen LogP contribution in [0.1, 0.15) is 9.67 Å². The number of rotatable bonds is 2. The van der Waals surface area contributed by atoms with Crippen LogP contribution in [0.4, 0.5) is 5.13 Å². The SMILES string of the molecule is N#CC1CN(c2nc(Cl)c(C(=O)O)s2)CCO1. The smallest absolute Gasteiger partial charge is 0.349 e. The molecule has 0 radical (unpaired) electrons. The molecule has 1 aliphatic rings. The fourth-order valence-electron chi connectivity index (χ4n) is 1.46. The van der Waals surface area contributed by atoms with Gasteiger partial charge in [-0.1, -0.05) is 22.9 Å². The molecule has 2 rings (SSSR count). The lowest BCUT2D eigenvalue weighted by Crippen LogP contribution is -2.41. The van der Waals surface area contributed by atoms with E-state index in [1.54, 1.807) is 4.90 Å². The number of aromatic nitrogens is 1. The molecular formula is C9H8ClN3O3S. The van der Waals surface area contributed by atoms with E-state index < -0.39 is 12.1 Å². The van der Waals surface area contributed by atoms with Gasteiger partial charge >= 0.3 is 5.97 Å². The Morgan fingerprint density at radius 2 is 2.53 bits per heavy atom. The van der Waals surface area contributed by atoms with Crippen molar-refractivity contribution in [3.8, 4) is 6.07 Å². The van der Waals surface area contributed by atoms with Gasteiger partial charge in [0, 0.05) is 6.54 Å². The van der Waals surface area contributed by atoms with Gasteiger partial charge in [-0.2, -0.15) is 5.26 Å². The topological polar surface area (TPSA) is 86.5 Å². The van der Waals surface area contributed by atoms with E-state index in [1.165, 1.54) is 0 Å². The first kappa shape index (κ1) is 12.1. The molecule has 0 saturated carbocycles. The van der Waals surface area contributed by atoms with Crippen molar-refractivity contribution in [2.45, 2.75) is 6.10 Å². The molecule has 1 saturated heterocycles.